The Balaban J connectivity index is 0.00000324. The first-order chi connectivity index (χ1) is 8.45. The largest absolute Gasteiger partial charge is 0.467 e. The van der Waals surface area contributed by atoms with Crippen LogP contribution in [0, 0.1) is 11.8 Å². The zero-order chi connectivity index (χ0) is 13.7. The Morgan fingerprint density at radius 3 is 2.47 bits per heavy atom. The maximum atomic E-state index is 12.1. The van der Waals surface area contributed by atoms with Gasteiger partial charge in [0.2, 0.25) is 5.91 Å². The van der Waals surface area contributed by atoms with Gasteiger partial charge in [-0.25, -0.2) is 4.79 Å². The fraction of sp³-hybridized carbons (Fsp3) is 0.846. The predicted molar refractivity (Wildman–Crippen MR) is 76.2 cm³/mol. The van der Waals surface area contributed by atoms with Gasteiger partial charge in [-0.05, 0) is 32.2 Å². The molecule has 1 fully saturated rings. The van der Waals surface area contributed by atoms with Crippen LogP contribution in [0.15, 0.2) is 0 Å². The topological polar surface area (TPSA) is 67.4 Å². The highest BCUT2D eigenvalue weighted by Crippen LogP contribution is 2.17. The van der Waals surface area contributed by atoms with Gasteiger partial charge >= 0.3 is 5.97 Å². The van der Waals surface area contributed by atoms with Crippen LogP contribution in [0.25, 0.3) is 0 Å². The van der Waals surface area contributed by atoms with Crippen molar-refractivity contribution < 1.29 is 14.3 Å². The third kappa shape index (κ3) is 5.37. The summed E-state index contributed by atoms with van der Waals surface area (Å²) in [6.45, 7) is 6.71. The van der Waals surface area contributed by atoms with Crippen LogP contribution < -0.4 is 10.6 Å². The number of halogens is 1. The smallest absolute Gasteiger partial charge is 0.328 e. The van der Waals surface area contributed by atoms with E-state index in [1.807, 2.05) is 13.8 Å². The van der Waals surface area contributed by atoms with E-state index in [0.29, 0.717) is 6.04 Å². The van der Waals surface area contributed by atoms with Crippen molar-refractivity contribution in [1.29, 1.82) is 0 Å². The molecule has 6 heteroatoms. The van der Waals surface area contributed by atoms with E-state index in [0.717, 1.165) is 19.4 Å². The van der Waals surface area contributed by atoms with E-state index in [2.05, 4.69) is 17.6 Å². The average Bonchev–Trinajstić information content (AvgIpc) is 2.34. The molecule has 0 bridgehead atoms. The molecule has 19 heavy (non-hydrogen) atoms. The Hall–Kier alpha value is -0.810. The lowest BCUT2D eigenvalue weighted by atomic mass is 9.91. The first-order valence-corrected chi connectivity index (χ1v) is 6.57. The van der Waals surface area contributed by atoms with Gasteiger partial charge in [-0.1, -0.05) is 13.8 Å². The molecular formula is C13H25ClN2O3. The van der Waals surface area contributed by atoms with Gasteiger partial charge in [0.05, 0.1) is 7.11 Å². The third-order valence-electron chi connectivity index (χ3n) is 3.41. The number of esters is 1. The molecule has 1 heterocycles. The van der Waals surface area contributed by atoms with Crippen LogP contribution in [0.3, 0.4) is 0 Å². The molecule has 1 aliphatic rings. The van der Waals surface area contributed by atoms with Gasteiger partial charge in [0, 0.05) is 12.0 Å². The minimum Gasteiger partial charge on any atom is -0.467 e. The number of hydrogen-bond acceptors (Lipinski definition) is 4. The quantitative estimate of drug-likeness (QED) is 0.762. The van der Waals surface area contributed by atoms with Crippen LogP contribution in [0.2, 0.25) is 0 Å². The van der Waals surface area contributed by atoms with Crippen molar-refractivity contribution in [2.75, 3.05) is 13.7 Å². The maximum absolute atomic E-state index is 12.1. The molecule has 0 aromatic rings. The third-order valence-corrected chi connectivity index (χ3v) is 3.41. The molecule has 0 aromatic heterocycles. The molecule has 5 nitrogen and oxygen atoms in total. The van der Waals surface area contributed by atoms with Gasteiger partial charge in [0.15, 0.2) is 0 Å². The first kappa shape index (κ1) is 18.2. The van der Waals surface area contributed by atoms with Crippen LogP contribution in [0.5, 0.6) is 0 Å². The van der Waals surface area contributed by atoms with Crippen LogP contribution >= 0.6 is 12.4 Å². The van der Waals surface area contributed by atoms with Gasteiger partial charge < -0.3 is 15.4 Å². The maximum Gasteiger partial charge on any atom is 0.328 e. The van der Waals surface area contributed by atoms with Gasteiger partial charge in [-0.3, -0.25) is 4.79 Å². The van der Waals surface area contributed by atoms with Crippen LogP contribution in [-0.2, 0) is 14.3 Å². The standard InChI is InChI=1S/C13H24N2O3.ClH/c1-8(2)11(13(17)18-4)15-12(16)10-5-6-14-9(3)7-10;/h8-11,14H,5-7H2,1-4H3,(H,15,16);1H/t9-,10-,11?;/m0./s1. The van der Waals surface area contributed by atoms with Crippen LogP contribution in [0.4, 0.5) is 0 Å². The van der Waals surface area contributed by atoms with Gasteiger partial charge in [-0.15, -0.1) is 12.4 Å². The summed E-state index contributed by atoms with van der Waals surface area (Å²) in [5.74, 6) is -0.388. The molecule has 1 unspecified atom stereocenters. The highest BCUT2D eigenvalue weighted by atomic mass is 35.5. The monoisotopic (exact) mass is 292 g/mol. The number of nitrogens with one attached hydrogen (secondary N) is 2. The summed E-state index contributed by atoms with van der Waals surface area (Å²) in [6, 6.07) is -0.196. The summed E-state index contributed by atoms with van der Waals surface area (Å²) in [5, 5.41) is 6.12. The van der Waals surface area contributed by atoms with Crippen molar-refractivity contribution in [1.82, 2.24) is 10.6 Å². The lowest BCUT2D eigenvalue weighted by Gasteiger charge is -2.29. The molecule has 1 amide bonds. The van der Waals surface area contributed by atoms with E-state index in [1.54, 1.807) is 0 Å². The molecule has 1 saturated heterocycles. The normalized spacial score (nSPS) is 24.3. The number of carbonyl (C=O) groups excluding carboxylic acids is 2. The second-order valence-electron chi connectivity index (χ2n) is 5.33. The zero-order valence-corrected chi connectivity index (χ0v) is 12.9. The van der Waals surface area contributed by atoms with E-state index in [4.69, 9.17) is 4.74 Å². The van der Waals surface area contributed by atoms with Crippen molar-refractivity contribution in [3.63, 3.8) is 0 Å². The van der Waals surface area contributed by atoms with Crippen molar-refractivity contribution in [2.45, 2.75) is 45.7 Å². The van der Waals surface area contributed by atoms with Crippen LogP contribution in [0.1, 0.15) is 33.6 Å². The molecule has 1 aliphatic heterocycles. The second-order valence-corrected chi connectivity index (χ2v) is 5.33. The summed E-state index contributed by atoms with van der Waals surface area (Å²) in [5.41, 5.74) is 0. The Kier molecular flexibility index (Phi) is 8.02. The number of rotatable bonds is 4. The van der Waals surface area contributed by atoms with Gasteiger partial charge in [0.25, 0.3) is 0 Å². The lowest BCUT2D eigenvalue weighted by molar-refractivity contribution is -0.147. The highest BCUT2D eigenvalue weighted by molar-refractivity contribution is 5.86. The number of hydrogen-bond donors (Lipinski definition) is 2. The molecule has 0 spiro atoms. The summed E-state index contributed by atoms with van der Waals surface area (Å²) < 4.78 is 4.72. The fourth-order valence-corrected chi connectivity index (χ4v) is 2.27. The fourth-order valence-electron chi connectivity index (χ4n) is 2.27. The van der Waals surface area contributed by atoms with E-state index in [9.17, 15) is 9.59 Å². The number of amides is 1. The van der Waals surface area contributed by atoms with E-state index >= 15 is 0 Å². The van der Waals surface area contributed by atoms with Gasteiger partial charge in [-0.2, -0.15) is 0 Å². The Labute approximate surface area is 121 Å². The summed E-state index contributed by atoms with van der Waals surface area (Å²) in [7, 11) is 1.34. The second kappa shape index (κ2) is 8.38. The highest BCUT2D eigenvalue weighted by Gasteiger charge is 2.30. The Morgan fingerprint density at radius 1 is 1.37 bits per heavy atom. The molecular weight excluding hydrogens is 268 g/mol. The number of ether oxygens (including phenoxy) is 1. The van der Waals surface area contributed by atoms with E-state index in [1.165, 1.54) is 7.11 Å². The zero-order valence-electron chi connectivity index (χ0n) is 12.1. The van der Waals surface area contributed by atoms with Crippen molar-refractivity contribution in [3.8, 4) is 0 Å². The molecule has 0 radical (unpaired) electrons. The Morgan fingerprint density at radius 2 is 2.00 bits per heavy atom. The SMILES string of the molecule is COC(=O)C(NC(=O)[C@H]1CCN[C@@H](C)C1)C(C)C.Cl. The summed E-state index contributed by atoms with van der Waals surface area (Å²) in [6.07, 6.45) is 1.64. The summed E-state index contributed by atoms with van der Waals surface area (Å²) >= 11 is 0. The number of piperidine rings is 1. The average molecular weight is 293 g/mol. The molecule has 3 atom stereocenters. The molecule has 2 N–H and O–H groups in total. The lowest BCUT2D eigenvalue weighted by Crippen LogP contribution is -2.49. The van der Waals surface area contributed by atoms with Crippen molar-refractivity contribution >= 4 is 24.3 Å². The number of carbonyl (C=O) groups is 2. The molecule has 1 rings (SSSR count). The first-order valence-electron chi connectivity index (χ1n) is 6.57. The van der Waals surface area contributed by atoms with Crippen LogP contribution in [-0.4, -0.2) is 37.6 Å². The number of methoxy groups -OCH3 is 1. The molecule has 0 saturated carbocycles. The van der Waals surface area contributed by atoms with Gasteiger partial charge in [0.1, 0.15) is 6.04 Å². The molecule has 112 valence electrons. The minimum atomic E-state index is -0.548. The van der Waals surface area contributed by atoms with E-state index in [-0.39, 0.29) is 36.1 Å². The Bertz CT molecular complexity index is 310. The van der Waals surface area contributed by atoms with Crippen molar-refractivity contribution in [3.05, 3.63) is 0 Å². The van der Waals surface area contributed by atoms with Crippen molar-refractivity contribution in [2.24, 2.45) is 11.8 Å². The van der Waals surface area contributed by atoms with E-state index < -0.39 is 6.04 Å². The minimum absolute atomic E-state index is 0. The predicted octanol–water partition coefficient (Wildman–Crippen LogP) is 1.11. The summed E-state index contributed by atoms with van der Waals surface area (Å²) in [4.78, 5) is 23.7. The molecule has 0 aliphatic carbocycles. The molecule has 0 aromatic carbocycles.